The second-order valence-corrected chi connectivity index (χ2v) is 10.3. The van der Waals surface area contributed by atoms with Gasteiger partial charge < -0.3 is 19.5 Å². The van der Waals surface area contributed by atoms with E-state index in [4.69, 9.17) is 14.2 Å². The molecule has 1 N–H and O–H groups in total. The summed E-state index contributed by atoms with van der Waals surface area (Å²) in [7, 11) is 0. The lowest BCUT2D eigenvalue weighted by atomic mass is 10.1. The molecule has 0 saturated carbocycles. The van der Waals surface area contributed by atoms with Crippen molar-refractivity contribution in [3.63, 3.8) is 0 Å². The van der Waals surface area contributed by atoms with E-state index in [1.807, 2.05) is 66.7 Å². The maximum absolute atomic E-state index is 13.2. The zero-order valence-electron chi connectivity index (χ0n) is 24.4. The Balaban J connectivity index is 1.42. The number of carbonyl (C=O) groups excluding carboxylic acids is 2. The number of rotatable bonds is 20. The van der Waals surface area contributed by atoms with Crippen LogP contribution >= 0.6 is 0 Å². The van der Waals surface area contributed by atoms with Crippen molar-refractivity contribution >= 4 is 11.9 Å². The monoisotopic (exact) mass is 559 g/mol. The van der Waals surface area contributed by atoms with Crippen molar-refractivity contribution in [2.24, 2.45) is 0 Å². The van der Waals surface area contributed by atoms with E-state index in [2.05, 4.69) is 12.2 Å². The van der Waals surface area contributed by atoms with E-state index >= 15 is 0 Å². The van der Waals surface area contributed by atoms with Crippen LogP contribution in [0, 0.1) is 0 Å². The molecule has 6 nitrogen and oxygen atoms in total. The molecule has 3 aromatic carbocycles. The van der Waals surface area contributed by atoms with Crippen LogP contribution in [0.25, 0.3) is 0 Å². The molecule has 0 aromatic heterocycles. The zero-order chi connectivity index (χ0) is 29.0. The summed E-state index contributed by atoms with van der Waals surface area (Å²) in [6.45, 7) is 4.01. The van der Waals surface area contributed by atoms with Gasteiger partial charge >= 0.3 is 5.97 Å². The van der Waals surface area contributed by atoms with Crippen LogP contribution in [0.2, 0.25) is 0 Å². The van der Waals surface area contributed by atoms with Gasteiger partial charge in [0, 0.05) is 13.0 Å². The van der Waals surface area contributed by atoms with E-state index in [9.17, 15) is 9.59 Å². The average molecular weight is 560 g/mol. The van der Waals surface area contributed by atoms with Crippen LogP contribution < -0.4 is 14.8 Å². The lowest BCUT2D eigenvalue weighted by molar-refractivity contribution is -0.143. The summed E-state index contributed by atoms with van der Waals surface area (Å²) in [6.07, 6.45) is 9.83. The molecule has 0 atom stereocenters. The van der Waals surface area contributed by atoms with Gasteiger partial charge in [-0.2, -0.15) is 0 Å². The fraction of sp³-hybridized carbons (Fsp3) is 0.429. The Hall–Kier alpha value is -3.80. The number of hydrogen-bond acceptors (Lipinski definition) is 5. The highest BCUT2D eigenvalue weighted by molar-refractivity contribution is 5.97. The Morgan fingerprint density at radius 1 is 0.683 bits per heavy atom. The minimum atomic E-state index is -0.212. The van der Waals surface area contributed by atoms with Crippen LogP contribution in [0.1, 0.15) is 92.6 Å². The number of esters is 1. The largest absolute Gasteiger partial charge is 0.489 e. The minimum Gasteiger partial charge on any atom is -0.489 e. The summed E-state index contributed by atoms with van der Waals surface area (Å²) >= 11 is 0. The molecule has 0 aliphatic heterocycles. The third-order valence-corrected chi connectivity index (χ3v) is 6.79. The second kappa shape index (κ2) is 19.3. The van der Waals surface area contributed by atoms with Gasteiger partial charge in [0.15, 0.2) is 0 Å². The summed E-state index contributed by atoms with van der Waals surface area (Å²) < 4.78 is 17.3. The molecular weight excluding hydrogens is 514 g/mol. The van der Waals surface area contributed by atoms with Gasteiger partial charge in [-0.15, -0.1) is 0 Å². The van der Waals surface area contributed by atoms with Crippen LogP contribution in [0.4, 0.5) is 0 Å². The predicted molar refractivity (Wildman–Crippen MR) is 163 cm³/mol. The maximum Gasteiger partial charge on any atom is 0.305 e. The molecule has 0 fully saturated rings. The van der Waals surface area contributed by atoms with Crippen molar-refractivity contribution in [3.05, 3.63) is 95.6 Å². The van der Waals surface area contributed by atoms with Crippen LogP contribution in [0.15, 0.2) is 78.9 Å². The van der Waals surface area contributed by atoms with Crippen LogP contribution in [-0.4, -0.2) is 25.0 Å². The first-order valence-electron chi connectivity index (χ1n) is 15.1. The Kier molecular flexibility index (Phi) is 14.9. The Morgan fingerprint density at radius 3 is 2.02 bits per heavy atom. The third-order valence-electron chi connectivity index (χ3n) is 6.79. The van der Waals surface area contributed by atoms with Gasteiger partial charge in [-0.1, -0.05) is 106 Å². The number of carbonyl (C=O) groups is 2. The van der Waals surface area contributed by atoms with Gasteiger partial charge in [0.2, 0.25) is 0 Å². The zero-order valence-corrected chi connectivity index (χ0v) is 24.4. The summed E-state index contributed by atoms with van der Waals surface area (Å²) in [5.74, 6) is 0.767. The van der Waals surface area contributed by atoms with E-state index in [1.54, 1.807) is 12.1 Å². The SMILES string of the molecule is CCCCCCCCOC(=O)CCCCCNC(=O)c1cc(OCc2ccccc2)ccc1OCc1ccccc1. The molecule has 1 amide bonds. The third kappa shape index (κ3) is 12.9. The highest BCUT2D eigenvalue weighted by Gasteiger charge is 2.15. The van der Waals surface area contributed by atoms with E-state index in [0.717, 1.165) is 43.2 Å². The first-order chi connectivity index (χ1) is 20.2. The van der Waals surface area contributed by atoms with E-state index in [0.29, 0.717) is 49.8 Å². The first kappa shape index (κ1) is 31.7. The fourth-order valence-corrected chi connectivity index (χ4v) is 4.39. The van der Waals surface area contributed by atoms with Gasteiger partial charge in [-0.25, -0.2) is 0 Å². The highest BCUT2D eigenvalue weighted by atomic mass is 16.5. The molecule has 6 heteroatoms. The Morgan fingerprint density at radius 2 is 1.32 bits per heavy atom. The number of unbranched alkanes of at least 4 members (excludes halogenated alkanes) is 7. The number of amides is 1. The molecule has 0 radical (unpaired) electrons. The fourth-order valence-electron chi connectivity index (χ4n) is 4.39. The molecule has 0 aliphatic carbocycles. The standard InChI is InChI=1S/C35H45NO5/c1-2-3-4-5-6-16-25-39-34(37)21-14-9-15-24-36-35(38)32-26-31(40-27-29-17-10-7-11-18-29)22-23-33(32)41-28-30-19-12-8-13-20-30/h7-8,10-13,17-20,22-23,26H,2-6,9,14-16,21,24-25,27-28H2,1H3,(H,36,38). The van der Waals surface area contributed by atoms with Crippen molar-refractivity contribution in [2.75, 3.05) is 13.2 Å². The lowest BCUT2D eigenvalue weighted by Gasteiger charge is -2.14. The number of nitrogens with one attached hydrogen (secondary N) is 1. The quantitative estimate of drug-likeness (QED) is 0.112. The molecule has 0 bridgehead atoms. The molecule has 0 spiro atoms. The van der Waals surface area contributed by atoms with E-state index < -0.39 is 0 Å². The summed E-state index contributed by atoms with van der Waals surface area (Å²) in [5, 5.41) is 3.00. The topological polar surface area (TPSA) is 73.9 Å². The Labute approximate surface area is 245 Å². The van der Waals surface area contributed by atoms with Gasteiger partial charge in [0.1, 0.15) is 24.7 Å². The predicted octanol–water partition coefficient (Wildman–Crippen LogP) is 8.04. The number of ether oxygens (including phenoxy) is 3. The molecule has 41 heavy (non-hydrogen) atoms. The van der Waals surface area contributed by atoms with Gasteiger partial charge in [0.25, 0.3) is 5.91 Å². The van der Waals surface area contributed by atoms with Crippen LogP contribution in [-0.2, 0) is 22.7 Å². The normalized spacial score (nSPS) is 10.7. The number of hydrogen-bond donors (Lipinski definition) is 1. The molecule has 220 valence electrons. The molecule has 0 aliphatic rings. The van der Waals surface area contributed by atoms with Crippen molar-refractivity contribution < 1.29 is 23.8 Å². The Bertz CT molecular complexity index is 1150. The molecule has 0 saturated heterocycles. The van der Waals surface area contributed by atoms with Crippen molar-refractivity contribution in [2.45, 2.75) is 84.3 Å². The summed E-state index contributed by atoms with van der Waals surface area (Å²) in [4.78, 5) is 25.1. The minimum absolute atomic E-state index is 0.130. The van der Waals surface area contributed by atoms with Crippen LogP contribution in [0.3, 0.4) is 0 Å². The van der Waals surface area contributed by atoms with Gasteiger partial charge in [-0.05, 0) is 48.6 Å². The average Bonchev–Trinajstić information content (AvgIpc) is 3.01. The van der Waals surface area contributed by atoms with Gasteiger partial charge in [-0.3, -0.25) is 9.59 Å². The van der Waals surface area contributed by atoms with Crippen molar-refractivity contribution in [1.82, 2.24) is 5.32 Å². The molecule has 3 rings (SSSR count). The molecule has 0 unspecified atom stereocenters. The summed E-state index contributed by atoms with van der Waals surface area (Å²) in [5.41, 5.74) is 2.51. The van der Waals surface area contributed by atoms with E-state index in [-0.39, 0.29) is 11.9 Å². The molecule has 0 heterocycles. The first-order valence-corrected chi connectivity index (χ1v) is 15.1. The lowest BCUT2D eigenvalue weighted by Crippen LogP contribution is -2.25. The van der Waals surface area contributed by atoms with Crippen molar-refractivity contribution in [3.8, 4) is 11.5 Å². The van der Waals surface area contributed by atoms with Crippen molar-refractivity contribution in [1.29, 1.82) is 0 Å². The number of benzene rings is 3. The molecule has 3 aromatic rings. The maximum atomic E-state index is 13.2. The van der Waals surface area contributed by atoms with Crippen LogP contribution in [0.5, 0.6) is 11.5 Å². The van der Waals surface area contributed by atoms with Gasteiger partial charge in [0.05, 0.1) is 12.2 Å². The highest BCUT2D eigenvalue weighted by Crippen LogP contribution is 2.26. The second-order valence-electron chi connectivity index (χ2n) is 10.3. The summed E-state index contributed by atoms with van der Waals surface area (Å²) in [6, 6.07) is 25.1. The smallest absolute Gasteiger partial charge is 0.305 e. The van der Waals surface area contributed by atoms with E-state index in [1.165, 1.54) is 25.7 Å². The molecular formula is C35H45NO5.